The minimum absolute atomic E-state index is 0.248. The summed E-state index contributed by atoms with van der Waals surface area (Å²) in [7, 11) is 0. The molecular weight excluding hydrogens is 389 g/mol. The molecule has 0 saturated carbocycles. The monoisotopic (exact) mass is 413 g/mol. The van der Waals surface area contributed by atoms with Gasteiger partial charge in [0.15, 0.2) is 0 Å². The number of benzene rings is 3. The van der Waals surface area contributed by atoms with Gasteiger partial charge in [-0.3, -0.25) is 4.90 Å². The molecule has 0 radical (unpaired) electrons. The summed E-state index contributed by atoms with van der Waals surface area (Å²) in [5.41, 5.74) is 5.44. The number of halogens is 1. The summed E-state index contributed by atoms with van der Waals surface area (Å²) in [6.45, 7) is 3.96. The number of hydrogen-bond acceptors (Lipinski definition) is 3. The van der Waals surface area contributed by atoms with Crippen molar-refractivity contribution in [2.75, 3.05) is 26.3 Å². The van der Waals surface area contributed by atoms with Crippen LogP contribution in [0.3, 0.4) is 0 Å². The van der Waals surface area contributed by atoms with Gasteiger partial charge in [0.25, 0.3) is 0 Å². The van der Waals surface area contributed by atoms with Gasteiger partial charge >= 0.3 is 0 Å². The van der Waals surface area contributed by atoms with E-state index in [1.807, 2.05) is 47.1 Å². The van der Waals surface area contributed by atoms with Gasteiger partial charge in [0.1, 0.15) is 5.82 Å². The fraction of sp³-hybridized carbons (Fsp3) is 0.192. The topological polar surface area (TPSA) is 30.3 Å². The Morgan fingerprint density at radius 3 is 2.23 bits per heavy atom. The Morgan fingerprint density at radius 1 is 0.806 bits per heavy atom. The van der Waals surface area contributed by atoms with Gasteiger partial charge in [-0.1, -0.05) is 54.6 Å². The van der Waals surface area contributed by atoms with Crippen LogP contribution < -0.4 is 0 Å². The van der Waals surface area contributed by atoms with Crippen molar-refractivity contribution in [3.63, 3.8) is 0 Å². The molecule has 1 aliphatic rings. The van der Waals surface area contributed by atoms with E-state index in [4.69, 9.17) is 9.84 Å². The molecule has 1 saturated heterocycles. The molecule has 31 heavy (non-hydrogen) atoms. The maximum atomic E-state index is 14.7. The zero-order valence-electron chi connectivity index (χ0n) is 17.2. The molecule has 0 amide bonds. The summed E-state index contributed by atoms with van der Waals surface area (Å²) in [5, 5.41) is 4.86. The van der Waals surface area contributed by atoms with Gasteiger partial charge in [-0.05, 0) is 41.5 Å². The molecule has 0 spiro atoms. The predicted octanol–water partition coefficient (Wildman–Crippen LogP) is 5.18. The zero-order valence-corrected chi connectivity index (χ0v) is 17.2. The van der Waals surface area contributed by atoms with E-state index in [0.717, 1.165) is 61.1 Å². The highest BCUT2D eigenvalue weighted by Gasteiger charge is 2.18. The third kappa shape index (κ3) is 4.29. The van der Waals surface area contributed by atoms with Crippen molar-refractivity contribution in [1.82, 2.24) is 14.7 Å². The third-order valence-electron chi connectivity index (χ3n) is 5.62. The summed E-state index contributed by atoms with van der Waals surface area (Å²) in [4.78, 5) is 2.32. The molecule has 5 heteroatoms. The molecule has 1 aliphatic heterocycles. The number of nitrogens with zero attached hydrogens (tertiary/aromatic N) is 3. The number of hydrogen-bond donors (Lipinski definition) is 0. The SMILES string of the molecule is Fc1ccccc1-c1cc(CN2CCOCC2)nn1-c1ccc(-c2ccccc2)cc1. The standard InChI is InChI=1S/C26H24FN3O/c27-25-9-5-4-8-24(25)26-18-22(19-29-14-16-31-17-15-29)28-30(26)23-12-10-21(11-13-23)20-6-2-1-3-7-20/h1-13,18H,14-17,19H2. The molecule has 3 aromatic carbocycles. The molecule has 0 unspecified atom stereocenters. The Morgan fingerprint density at radius 2 is 1.48 bits per heavy atom. The van der Waals surface area contributed by atoms with E-state index < -0.39 is 0 Å². The first-order valence-electron chi connectivity index (χ1n) is 10.6. The maximum Gasteiger partial charge on any atom is 0.132 e. The Bertz CT molecular complexity index is 1150. The molecule has 4 aromatic rings. The average molecular weight is 413 g/mol. The van der Waals surface area contributed by atoms with Crippen molar-refractivity contribution in [2.45, 2.75) is 6.54 Å². The largest absolute Gasteiger partial charge is 0.379 e. The molecule has 0 atom stereocenters. The van der Waals surface area contributed by atoms with Gasteiger partial charge in [-0.15, -0.1) is 0 Å². The van der Waals surface area contributed by atoms with Crippen LogP contribution in [0.1, 0.15) is 5.69 Å². The van der Waals surface area contributed by atoms with Gasteiger partial charge in [-0.2, -0.15) is 5.10 Å². The van der Waals surface area contributed by atoms with Crippen molar-refractivity contribution in [3.8, 4) is 28.1 Å². The molecule has 4 nitrogen and oxygen atoms in total. The van der Waals surface area contributed by atoms with Crippen LogP contribution in [0.15, 0.2) is 84.9 Å². The van der Waals surface area contributed by atoms with Crippen LogP contribution in [0.4, 0.5) is 4.39 Å². The smallest absolute Gasteiger partial charge is 0.132 e. The zero-order chi connectivity index (χ0) is 21.0. The van der Waals surface area contributed by atoms with Crippen LogP contribution in [0.25, 0.3) is 28.1 Å². The second-order valence-electron chi connectivity index (χ2n) is 7.71. The lowest BCUT2D eigenvalue weighted by atomic mass is 10.1. The second-order valence-corrected chi connectivity index (χ2v) is 7.71. The summed E-state index contributed by atoms with van der Waals surface area (Å²) in [6, 6.07) is 27.4. The Hall–Kier alpha value is -3.28. The normalized spacial score (nSPS) is 14.6. The lowest BCUT2D eigenvalue weighted by Gasteiger charge is -2.25. The summed E-state index contributed by atoms with van der Waals surface area (Å²) >= 11 is 0. The second kappa shape index (κ2) is 8.84. The van der Waals surface area contributed by atoms with Crippen LogP contribution in [-0.4, -0.2) is 41.0 Å². The van der Waals surface area contributed by atoms with Crippen molar-refractivity contribution in [1.29, 1.82) is 0 Å². The van der Waals surface area contributed by atoms with Gasteiger partial charge < -0.3 is 4.74 Å². The number of morpholine rings is 1. The molecule has 2 heterocycles. The molecule has 5 rings (SSSR count). The predicted molar refractivity (Wildman–Crippen MR) is 120 cm³/mol. The Kier molecular flexibility index (Phi) is 5.61. The highest BCUT2D eigenvalue weighted by Crippen LogP contribution is 2.28. The van der Waals surface area contributed by atoms with Crippen LogP contribution in [0, 0.1) is 5.82 Å². The van der Waals surface area contributed by atoms with Crippen molar-refractivity contribution >= 4 is 0 Å². The van der Waals surface area contributed by atoms with E-state index in [9.17, 15) is 4.39 Å². The minimum atomic E-state index is -0.248. The van der Waals surface area contributed by atoms with Gasteiger partial charge in [0, 0.05) is 25.2 Å². The van der Waals surface area contributed by atoms with Crippen molar-refractivity contribution in [2.24, 2.45) is 0 Å². The molecule has 0 bridgehead atoms. The molecule has 1 fully saturated rings. The van der Waals surface area contributed by atoms with E-state index >= 15 is 0 Å². The lowest BCUT2D eigenvalue weighted by Crippen LogP contribution is -2.35. The molecule has 0 N–H and O–H groups in total. The van der Waals surface area contributed by atoms with Crippen molar-refractivity contribution < 1.29 is 9.13 Å². The van der Waals surface area contributed by atoms with Gasteiger partial charge in [0.05, 0.1) is 30.3 Å². The Labute approximate surface area is 181 Å². The van der Waals surface area contributed by atoms with Crippen LogP contribution in [-0.2, 0) is 11.3 Å². The number of aromatic nitrogens is 2. The van der Waals surface area contributed by atoms with E-state index in [1.54, 1.807) is 12.1 Å². The summed E-state index contributed by atoms with van der Waals surface area (Å²) in [6.07, 6.45) is 0. The maximum absolute atomic E-state index is 14.7. The van der Waals surface area contributed by atoms with E-state index in [2.05, 4.69) is 29.2 Å². The van der Waals surface area contributed by atoms with E-state index in [0.29, 0.717) is 5.56 Å². The average Bonchev–Trinajstić information content (AvgIpc) is 3.24. The van der Waals surface area contributed by atoms with Gasteiger partial charge in [0.2, 0.25) is 0 Å². The first-order chi connectivity index (χ1) is 15.3. The molecular formula is C26H24FN3O. The van der Waals surface area contributed by atoms with Crippen LogP contribution in [0.2, 0.25) is 0 Å². The third-order valence-corrected chi connectivity index (χ3v) is 5.62. The first-order valence-corrected chi connectivity index (χ1v) is 10.6. The van der Waals surface area contributed by atoms with Gasteiger partial charge in [-0.25, -0.2) is 9.07 Å². The number of ether oxygens (including phenoxy) is 1. The first kappa shape index (κ1) is 19.7. The quantitative estimate of drug-likeness (QED) is 0.452. The highest BCUT2D eigenvalue weighted by atomic mass is 19.1. The fourth-order valence-electron chi connectivity index (χ4n) is 3.98. The van der Waals surface area contributed by atoms with E-state index in [1.165, 1.54) is 6.07 Å². The van der Waals surface area contributed by atoms with E-state index in [-0.39, 0.29) is 5.82 Å². The highest BCUT2D eigenvalue weighted by molar-refractivity contribution is 5.67. The molecule has 1 aromatic heterocycles. The van der Waals surface area contributed by atoms with Crippen molar-refractivity contribution in [3.05, 3.63) is 96.4 Å². The van der Waals surface area contributed by atoms with Crippen LogP contribution >= 0.6 is 0 Å². The summed E-state index contributed by atoms with van der Waals surface area (Å²) < 4.78 is 22.0. The lowest BCUT2D eigenvalue weighted by molar-refractivity contribution is 0.0336. The van der Waals surface area contributed by atoms with Crippen LogP contribution in [0.5, 0.6) is 0 Å². The number of rotatable bonds is 5. The Balaban J connectivity index is 1.52. The minimum Gasteiger partial charge on any atom is -0.379 e. The molecule has 156 valence electrons. The summed E-state index contributed by atoms with van der Waals surface area (Å²) in [5.74, 6) is -0.248. The fourth-order valence-corrected chi connectivity index (χ4v) is 3.98. The molecule has 0 aliphatic carbocycles.